The van der Waals surface area contributed by atoms with E-state index >= 15 is 0 Å². The number of ether oxygens (including phenoxy) is 1. The molecule has 1 amide bonds. The van der Waals surface area contributed by atoms with Gasteiger partial charge in [-0.1, -0.05) is 42.1 Å². The maximum absolute atomic E-state index is 12.6. The first kappa shape index (κ1) is 21.6. The van der Waals surface area contributed by atoms with Gasteiger partial charge in [0.2, 0.25) is 0 Å². The van der Waals surface area contributed by atoms with E-state index in [4.69, 9.17) is 10.00 Å². The molecule has 8 heteroatoms. The number of pyridine rings is 1. The summed E-state index contributed by atoms with van der Waals surface area (Å²) in [6.07, 6.45) is 1.68. The minimum atomic E-state index is -0.617. The number of halogens is 1. The Kier molecular flexibility index (Phi) is 7.60. The van der Waals surface area contributed by atoms with Gasteiger partial charge in [-0.05, 0) is 52.3 Å². The van der Waals surface area contributed by atoms with Crippen molar-refractivity contribution in [3.8, 4) is 6.07 Å². The molecule has 1 heterocycles. The van der Waals surface area contributed by atoms with E-state index in [9.17, 15) is 9.59 Å². The molecule has 0 aliphatic carbocycles. The lowest BCUT2D eigenvalue weighted by Crippen LogP contribution is -2.35. The number of esters is 1. The number of rotatable bonds is 7. The molecule has 0 saturated heterocycles. The van der Waals surface area contributed by atoms with Gasteiger partial charge in [-0.25, -0.2) is 9.78 Å². The number of amides is 1. The van der Waals surface area contributed by atoms with Crippen LogP contribution in [0.3, 0.4) is 0 Å². The zero-order valence-electron chi connectivity index (χ0n) is 15.7. The first-order valence-corrected chi connectivity index (χ1v) is 10.5. The van der Waals surface area contributed by atoms with Crippen LogP contribution in [-0.4, -0.2) is 30.0 Å². The van der Waals surface area contributed by atoms with Crippen molar-refractivity contribution in [2.75, 3.05) is 18.1 Å². The van der Waals surface area contributed by atoms with Crippen molar-refractivity contribution in [1.82, 2.24) is 4.98 Å². The van der Waals surface area contributed by atoms with Gasteiger partial charge in [0.25, 0.3) is 5.91 Å². The molecule has 0 atom stereocenters. The summed E-state index contributed by atoms with van der Waals surface area (Å²) in [5.74, 6) is -1.09. The lowest BCUT2D eigenvalue weighted by Gasteiger charge is -2.19. The highest BCUT2D eigenvalue weighted by atomic mass is 79.9. The van der Waals surface area contributed by atoms with Crippen molar-refractivity contribution in [2.24, 2.45) is 0 Å². The number of carbonyl (C=O) groups excluding carboxylic acids is 2. The van der Waals surface area contributed by atoms with Crippen LogP contribution in [0.4, 0.5) is 5.69 Å². The molecule has 0 aliphatic rings. The van der Waals surface area contributed by atoms with Gasteiger partial charge >= 0.3 is 5.97 Å². The normalized spacial score (nSPS) is 10.1. The Hall–Kier alpha value is -3.15. The lowest BCUT2D eigenvalue weighted by molar-refractivity contribution is -0.121. The van der Waals surface area contributed by atoms with Crippen LogP contribution in [0.2, 0.25) is 0 Å². The zero-order chi connectivity index (χ0) is 21.3. The van der Waals surface area contributed by atoms with E-state index in [2.05, 4.69) is 20.9 Å². The molecule has 3 rings (SSSR count). The molecule has 0 radical (unpaired) electrons. The van der Waals surface area contributed by atoms with Gasteiger partial charge in [-0.3, -0.25) is 9.69 Å². The fourth-order valence-electron chi connectivity index (χ4n) is 2.54. The molecule has 0 aliphatic heterocycles. The Morgan fingerprint density at radius 1 is 1.07 bits per heavy atom. The Labute approximate surface area is 186 Å². The summed E-state index contributed by atoms with van der Waals surface area (Å²) in [5.41, 5.74) is 0.906. The van der Waals surface area contributed by atoms with E-state index in [0.717, 1.165) is 9.50 Å². The highest BCUT2D eigenvalue weighted by molar-refractivity contribution is 9.10. The lowest BCUT2D eigenvalue weighted by atomic mass is 10.2. The summed E-state index contributed by atoms with van der Waals surface area (Å²) in [7, 11) is 0. The molecular weight excluding hydrogens is 466 g/mol. The van der Waals surface area contributed by atoms with Gasteiger partial charge in [-0.2, -0.15) is 5.26 Å². The Balaban J connectivity index is 1.69. The van der Waals surface area contributed by atoms with Crippen LogP contribution in [0.1, 0.15) is 10.4 Å². The second-order valence-electron chi connectivity index (χ2n) is 5.96. The van der Waals surface area contributed by atoms with E-state index in [1.165, 1.54) is 16.7 Å². The monoisotopic (exact) mass is 481 g/mol. The van der Waals surface area contributed by atoms with Gasteiger partial charge in [0.1, 0.15) is 11.6 Å². The summed E-state index contributed by atoms with van der Waals surface area (Å²) in [6, 6.07) is 21.4. The van der Waals surface area contributed by atoms with E-state index in [1.54, 1.807) is 48.7 Å². The standard InChI is InChI=1S/C22H16BrN3O3S/c23-16-10-11-20(25-14-16)30-19-9-5-4-8-18(19)22(28)29-15-21(27)26(13-12-24)17-6-2-1-3-7-17/h1-11,14H,13,15H2. The maximum Gasteiger partial charge on any atom is 0.339 e. The molecule has 30 heavy (non-hydrogen) atoms. The number of anilines is 1. The smallest absolute Gasteiger partial charge is 0.339 e. The number of nitriles is 1. The van der Waals surface area contributed by atoms with E-state index in [0.29, 0.717) is 16.1 Å². The van der Waals surface area contributed by atoms with E-state index in [1.807, 2.05) is 30.3 Å². The molecule has 150 valence electrons. The highest BCUT2D eigenvalue weighted by Crippen LogP contribution is 2.30. The third-order valence-corrected chi connectivity index (χ3v) is 5.44. The van der Waals surface area contributed by atoms with Crippen molar-refractivity contribution >= 4 is 45.3 Å². The number of hydrogen-bond acceptors (Lipinski definition) is 6. The number of aromatic nitrogens is 1. The molecule has 0 fully saturated rings. The molecule has 6 nitrogen and oxygen atoms in total. The molecule has 2 aromatic carbocycles. The van der Waals surface area contributed by atoms with Gasteiger partial charge in [0.05, 0.1) is 11.6 Å². The second kappa shape index (κ2) is 10.6. The van der Waals surface area contributed by atoms with Crippen LogP contribution < -0.4 is 4.90 Å². The van der Waals surface area contributed by atoms with Gasteiger partial charge < -0.3 is 4.74 Å². The van der Waals surface area contributed by atoms with E-state index in [-0.39, 0.29) is 6.54 Å². The maximum atomic E-state index is 12.6. The number of para-hydroxylation sites is 1. The topological polar surface area (TPSA) is 83.3 Å². The Bertz CT molecular complexity index is 1070. The summed E-state index contributed by atoms with van der Waals surface area (Å²) < 4.78 is 6.11. The van der Waals surface area contributed by atoms with Crippen LogP contribution in [-0.2, 0) is 9.53 Å². The first-order valence-electron chi connectivity index (χ1n) is 8.86. The third-order valence-electron chi connectivity index (χ3n) is 3.95. The number of benzene rings is 2. The predicted octanol–water partition coefficient (Wildman–Crippen LogP) is 4.71. The molecule has 3 aromatic rings. The third kappa shape index (κ3) is 5.69. The number of nitrogens with zero attached hydrogens (tertiary/aromatic N) is 3. The number of carbonyl (C=O) groups is 2. The minimum Gasteiger partial charge on any atom is -0.452 e. The SMILES string of the molecule is N#CCN(C(=O)COC(=O)c1ccccc1Sc1ccc(Br)cn1)c1ccccc1. The average Bonchev–Trinajstić information content (AvgIpc) is 2.78. The first-order chi connectivity index (χ1) is 14.6. The van der Waals surface area contributed by atoms with Crippen LogP contribution in [0.15, 0.2) is 87.3 Å². The zero-order valence-corrected chi connectivity index (χ0v) is 18.1. The van der Waals surface area contributed by atoms with Crippen LogP contribution in [0, 0.1) is 11.3 Å². The molecule has 0 unspecified atom stereocenters. The van der Waals surface area contributed by atoms with Gasteiger partial charge in [0.15, 0.2) is 6.61 Å². The largest absolute Gasteiger partial charge is 0.452 e. The second-order valence-corrected chi connectivity index (χ2v) is 7.94. The van der Waals surface area contributed by atoms with Crippen LogP contribution in [0.25, 0.3) is 0 Å². The average molecular weight is 482 g/mol. The van der Waals surface area contributed by atoms with Crippen molar-refractivity contribution < 1.29 is 14.3 Å². The highest BCUT2D eigenvalue weighted by Gasteiger charge is 2.19. The molecule has 0 N–H and O–H groups in total. The summed E-state index contributed by atoms with van der Waals surface area (Å²) in [4.78, 5) is 31.4. The van der Waals surface area contributed by atoms with Gasteiger partial charge in [0, 0.05) is 21.3 Å². The molecule has 1 aromatic heterocycles. The molecular formula is C22H16BrN3O3S. The van der Waals surface area contributed by atoms with E-state index < -0.39 is 18.5 Å². The fraction of sp³-hybridized carbons (Fsp3) is 0.0909. The molecule has 0 saturated carbocycles. The predicted molar refractivity (Wildman–Crippen MR) is 117 cm³/mol. The molecule has 0 spiro atoms. The van der Waals surface area contributed by atoms with Crippen molar-refractivity contribution in [3.63, 3.8) is 0 Å². The van der Waals surface area contributed by atoms with Crippen LogP contribution in [0.5, 0.6) is 0 Å². The van der Waals surface area contributed by atoms with Crippen LogP contribution >= 0.6 is 27.7 Å². The van der Waals surface area contributed by atoms with Crippen molar-refractivity contribution in [2.45, 2.75) is 9.92 Å². The molecule has 0 bridgehead atoms. The van der Waals surface area contributed by atoms with Crippen molar-refractivity contribution in [1.29, 1.82) is 5.26 Å². The summed E-state index contributed by atoms with van der Waals surface area (Å²) in [6.45, 7) is -0.604. The fourth-order valence-corrected chi connectivity index (χ4v) is 3.65. The summed E-state index contributed by atoms with van der Waals surface area (Å²) in [5, 5.41) is 9.75. The van der Waals surface area contributed by atoms with Crippen molar-refractivity contribution in [3.05, 3.63) is 83.0 Å². The Morgan fingerprint density at radius 3 is 2.50 bits per heavy atom. The summed E-state index contributed by atoms with van der Waals surface area (Å²) >= 11 is 4.67. The Morgan fingerprint density at radius 2 is 1.80 bits per heavy atom. The quantitative estimate of drug-likeness (QED) is 0.358. The minimum absolute atomic E-state index is 0.137. The number of hydrogen-bond donors (Lipinski definition) is 0. The van der Waals surface area contributed by atoms with Gasteiger partial charge in [-0.15, -0.1) is 0 Å².